The second-order valence-electron chi connectivity index (χ2n) is 3.89. The smallest absolute Gasteiger partial charge is 0.433 e. The van der Waals surface area contributed by atoms with Crippen LogP contribution in [0, 0.1) is 6.92 Å². The Bertz CT molecular complexity index is 665. The fourth-order valence-corrected chi connectivity index (χ4v) is 1.65. The van der Waals surface area contributed by atoms with E-state index in [1.807, 2.05) is 0 Å². The number of nitrogen functional groups attached to an aromatic ring is 1. The number of alkyl halides is 3. The second kappa shape index (κ2) is 5.65. The number of aromatic nitrogens is 2. The van der Waals surface area contributed by atoms with Gasteiger partial charge in [-0.05, 0) is 30.7 Å². The van der Waals surface area contributed by atoms with E-state index in [1.165, 1.54) is 18.2 Å². The van der Waals surface area contributed by atoms with Gasteiger partial charge < -0.3 is 15.2 Å². The summed E-state index contributed by atoms with van der Waals surface area (Å²) in [5, 5.41) is -0.133. The summed E-state index contributed by atoms with van der Waals surface area (Å²) in [7, 11) is 0. The highest BCUT2D eigenvalue weighted by molar-refractivity contribution is 6.28. The number of nitrogens with two attached hydrogens (primary N) is 1. The fraction of sp³-hybridized carbons (Fsp3) is 0.167. The molecular formula is C12H9ClF3N3O2. The predicted octanol–water partition coefficient (Wildman–Crippen LogP) is 3.71. The quantitative estimate of drug-likeness (QED) is 0.873. The topological polar surface area (TPSA) is 70.3 Å². The molecule has 0 amide bonds. The van der Waals surface area contributed by atoms with Crippen molar-refractivity contribution in [1.82, 2.24) is 9.97 Å². The predicted molar refractivity (Wildman–Crippen MR) is 69.4 cm³/mol. The van der Waals surface area contributed by atoms with Gasteiger partial charge in [-0.2, -0.15) is 4.98 Å². The van der Waals surface area contributed by atoms with Crippen LogP contribution < -0.4 is 15.2 Å². The Morgan fingerprint density at radius 2 is 1.76 bits per heavy atom. The highest BCUT2D eigenvalue weighted by atomic mass is 35.5. The Morgan fingerprint density at radius 3 is 2.38 bits per heavy atom. The number of halogens is 4. The summed E-state index contributed by atoms with van der Waals surface area (Å²) >= 11 is 5.67. The molecule has 0 aliphatic heterocycles. The summed E-state index contributed by atoms with van der Waals surface area (Å²) in [4.78, 5) is 7.53. The molecule has 0 radical (unpaired) electrons. The molecule has 1 aromatic heterocycles. The van der Waals surface area contributed by atoms with E-state index < -0.39 is 12.1 Å². The van der Waals surface area contributed by atoms with Gasteiger partial charge in [-0.3, -0.25) is 0 Å². The van der Waals surface area contributed by atoms with Crippen molar-refractivity contribution in [1.29, 1.82) is 0 Å². The van der Waals surface area contributed by atoms with Gasteiger partial charge in [0, 0.05) is 0 Å². The van der Waals surface area contributed by atoms with Crippen LogP contribution in [0.25, 0.3) is 0 Å². The lowest BCUT2D eigenvalue weighted by molar-refractivity contribution is -0.275. The van der Waals surface area contributed by atoms with Gasteiger partial charge in [0.05, 0.1) is 5.69 Å². The van der Waals surface area contributed by atoms with E-state index in [4.69, 9.17) is 22.1 Å². The Labute approximate surface area is 122 Å². The zero-order chi connectivity index (χ0) is 15.6. The highest BCUT2D eigenvalue weighted by Gasteiger charge is 2.32. The number of anilines is 1. The summed E-state index contributed by atoms with van der Waals surface area (Å²) in [5.41, 5.74) is 6.12. The first-order valence-electron chi connectivity index (χ1n) is 5.58. The molecule has 2 rings (SSSR count). The summed E-state index contributed by atoms with van der Waals surface area (Å²) in [6.07, 6.45) is -4.84. The molecule has 2 N–H and O–H groups in total. The van der Waals surface area contributed by atoms with Crippen LogP contribution in [0.5, 0.6) is 17.4 Å². The van der Waals surface area contributed by atoms with Gasteiger partial charge >= 0.3 is 6.36 Å². The summed E-state index contributed by atoms with van der Waals surface area (Å²) in [6.45, 7) is 1.56. The van der Waals surface area contributed by atoms with Gasteiger partial charge in [-0.25, -0.2) is 4.98 Å². The largest absolute Gasteiger partial charge is 0.573 e. The lowest BCUT2D eigenvalue weighted by Gasteiger charge is -2.14. The molecule has 0 aliphatic carbocycles. The molecule has 1 aromatic carbocycles. The van der Waals surface area contributed by atoms with E-state index in [9.17, 15) is 13.2 Å². The molecule has 0 spiro atoms. The molecule has 0 saturated heterocycles. The van der Waals surface area contributed by atoms with Crippen molar-refractivity contribution in [2.24, 2.45) is 0 Å². The van der Waals surface area contributed by atoms with Gasteiger partial charge in [0.15, 0.2) is 11.5 Å². The lowest BCUT2D eigenvalue weighted by atomic mass is 10.3. The SMILES string of the molecule is Cc1nc(Cl)nc(Oc2ccccc2OC(F)(F)F)c1N. The minimum atomic E-state index is -4.84. The normalized spacial score (nSPS) is 11.3. The molecule has 0 fully saturated rings. The molecular weight excluding hydrogens is 311 g/mol. The van der Waals surface area contributed by atoms with Crippen molar-refractivity contribution in [3.63, 3.8) is 0 Å². The molecule has 0 unspecified atom stereocenters. The summed E-state index contributed by atoms with van der Waals surface area (Å²) < 4.78 is 46.1. The molecule has 21 heavy (non-hydrogen) atoms. The van der Waals surface area contributed by atoms with Gasteiger partial charge in [0.25, 0.3) is 0 Å². The monoisotopic (exact) mass is 319 g/mol. The third-order valence-corrected chi connectivity index (χ3v) is 2.52. The molecule has 0 saturated carbocycles. The van der Waals surface area contributed by atoms with E-state index in [1.54, 1.807) is 6.92 Å². The molecule has 0 bridgehead atoms. The minimum Gasteiger partial charge on any atom is -0.433 e. The Morgan fingerprint density at radius 1 is 1.14 bits per heavy atom. The molecule has 5 nitrogen and oxygen atoms in total. The second-order valence-corrected chi connectivity index (χ2v) is 4.23. The number of nitrogens with zero attached hydrogens (tertiary/aromatic N) is 2. The first-order chi connectivity index (χ1) is 9.76. The van der Waals surface area contributed by atoms with Crippen LogP contribution in [0.2, 0.25) is 5.28 Å². The highest BCUT2D eigenvalue weighted by Crippen LogP contribution is 2.36. The van der Waals surface area contributed by atoms with Crippen LogP contribution >= 0.6 is 11.6 Å². The standard InChI is InChI=1S/C12H9ClF3N3O2/c1-6-9(17)10(19-11(13)18-6)20-7-4-2-3-5-8(7)21-12(14,15)16/h2-5H,17H2,1H3. The average Bonchev–Trinajstić information content (AvgIpc) is 2.36. The molecule has 1 heterocycles. The van der Waals surface area contributed by atoms with Gasteiger partial charge in [-0.15, -0.1) is 13.2 Å². The van der Waals surface area contributed by atoms with Crippen molar-refractivity contribution in [2.45, 2.75) is 13.3 Å². The van der Waals surface area contributed by atoms with Crippen LogP contribution in [-0.4, -0.2) is 16.3 Å². The Kier molecular flexibility index (Phi) is 4.08. The van der Waals surface area contributed by atoms with Crippen molar-refractivity contribution in [2.75, 3.05) is 5.73 Å². The van der Waals surface area contributed by atoms with Crippen molar-refractivity contribution in [3.05, 3.63) is 35.2 Å². The van der Waals surface area contributed by atoms with Crippen LogP contribution in [0.4, 0.5) is 18.9 Å². The summed E-state index contributed by atoms with van der Waals surface area (Å²) in [5.74, 6) is -0.863. The maximum absolute atomic E-state index is 12.3. The third-order valence-electron chi connectivity index (χ3n) is 2.36. The number of para-hydroxylation sites is 2. The Hall–Kier alpha value is -2.22. The zero-order valence-corrected chi connectivity index (χ0v) is 11.4. The number of benzene rings is 1. The van der Waals surface area contributed by atoms with Crippen molar-refractivity contribution < 1.29 is 22.6 Å². The van der Waals surface area contributed by atoms with E-state index in [-0.39, 0.29) is 22.6 Å². The number of hydrogen-bond acceptors (Lipinski definition) is 5. The van der Waals surface area contributed by atoms with Crippen LogP contribution in [0.3, 0.4) is 0 Å². The first-order valence-corrected chi connectivity index (χ1v) is 5.96. The van der Waals surface area contributed by atoms with Crippen molar-refractivity contribution in [3.8, 4) is 17.4 Å². The number of rotatable bonds is 3. The van der Waals surface area contributed by atoms with Crippen LogP contribution in [-0.2, 0) is 0 Å². The molecule has 2 aromatic rings. The third kappa shape index (κ3) is 3.88. The lowest BCUT2D eigenvalue weighted by Crippen LogP contribution is -2.17. The number of ether oxygens (including phenoxy) is 2. The van der Waals surface area contributed by atoms with E-state index in [0.29, 0.717) is 5.69 Å². The van der Waals surface area contributed by atoms with Crippen molar-refractivity contribution >= 4 is 17.3 Å². The maximum atomic E-state index is 12.3. The fourth-order valence-electron chi connectivity index (χ4n) is 1.45. The summed E-state index contributed by atoms with van der Waals surface area (Å²) in [6, 6.07) is 5.24. The average molecular weight is 320 g/mol. The molecule has 0 aliphatic rings. The first kappa shape index (κ1) is 15.2. The van der Waals surface area contributed by atoms with E-state index >= 15 is 0 Å². The van der Waals surface area contributed by atoms with E-state index in [2.05, 4.69) is 14.7 Å². The van der Waals surface area contributed by atoms with E-state index in [0.717, 1.165) is 6.07 Å². The van der Waals surface area contributed by atoms with Crippen LogP contribution in [0.1, 0.15) is 5.69 Å². The number of hydrogen-bond donors (Lipinski definition) is 1. The van der Waals surface area contributed by atoms with Gasteiger partial charge in [0.2, 0.25) is 11.2 Å². The van der Waals surface area contributed by atoms with Crippen LogP contribution in [0.15, 0.2) is 24.3 Å². The maximum Gasteiger partial charge on any atom is 0.573 e. The Balaban J connectivity index is 2.36. The minimum absolute atomic E-state index is 0.0706. The molecule has 0 atom stereocenters. The van der Waals surface area contributed by atoms with Gasteiger partial charge in [0.1, 0.15) is 5.69 Å². The molecule has 112 valence electrons. The molecule has 9 heteroatoms. The van der Waals surface area contributed by atoms with Gasteiger partial charge in [-0.1, -0.05) is 12.1 Å². The zero-order valence-electron chi connectivity index (χ0n) is 10.6. The number of aryl methyl sites for hydroxylation is 1.